The van der Waals surface area contributed by atoms with Crippen molar-refractivity contribution in [2.45, 2.75) is 32.5 Å². The van der Waals surface area contributed by atoms with Crippen LogP contribution in [0, 0.1) is 6.92 Å². The molecule has 0 radical (unpaired) electrons. The predicted molar refractivity (Wildman–Crippen MR) is 83.2 cm³/mol. The third-order valence-electron chi connectivity index (χ3n) is 3.77. The van der Waals surface area contributed by atoms with Gasteiger partial charge in [-0.3, -0.25) is 0 Å². The minimum atomic E-state index is -0.0843. The molecule has 1 aliphatic rings. The van der Waals surface area contributed by atoms with Crippen LogP contribution in [0.5, 0.6) is 5.75 Å². The standard InChI is InChI=1S/C17H17N3O4/c1-11-9-18-15(23-11)10-22-13-5-2-4-12(8-13)16-19-17(24-20-16)14-6-3-7-21-14/h2,4-5,8-9,14H,3,6-7,10H2,1H3/t14-/m1/s1. The van der Waals surface area contributed by atoms with Crippen molar-refractivity contribution in [3.8, 4) is 17.1 Å². The summed E-state index contributed by atoms with van der Waals surface area (Å²) in [6, 6.07) is 7.51. The van der Waals surface area contributed by atoms with Gasteiger partial charge in [-0.1, -0.05) is 17.3 Å². The van der Waals surface area contributed by atoms with Crippen molar-refractivity contribution < 1.29 is 18.4 Å². The zero-order valence-electron chi connectivity index (χ0n) is 13.3. The lowest BCUT2D eigenvalue weighted by Gasteiger charge is -2.04. The second-order valence-electron chi connectivity index (χ2n) is 5.64. The van der Waals surface area contributed by atoms with E-state index in [-0.39, 0.29) is 12.7 Å². The molecule has 0 saturated carbocycles. The number of benzene rings is 1. The van der Waals surface area contributed by atoms with Crippen molar-refractivity contribution in [2.75, 3.05) is 6.61 Å². The van der Waals surface area contributed by atoms with E-state index in [0.29, 0.717) is 23.4 Å². The van der Waals surface area contributed by atoms with Gasteiger partial charge in [0.05, 0.1) is 6.20 Å². The summed E-state index contributed by atoms with van der Waals surface area (Å²) in [5, 5.41) is 4.04. The van der Waals surface area contributed by atoms with E-state index in [9.17, 15) is 0 Å². The lowest BCUT2D eigenvalue weighted by atomic mass is 10.2. The Morgan fingerprint density at radius 1 is 1.33 bits per heavy atom. The van der Waals surface area contributed by atoms with Crippen LogP contribution in [-0.2, 0) is 11.3 Å². The molecule has 1 aromatic carbocycles. The molecule has 2 aromatic heterocycles. The molecule has 1 atom stereocenters. The van der Waals surface area contributed by atoms with E-state index in [4.69, 9.17) is 18.4 Å². The van der Waals surface area contributed by atoms with Gasteiger partial charge in [0.2, 0.25) is 11.7 Å². The first-order valence-electron chi connectivity index (χ1n) is 7.88. The highest BCUT2D eigenvalue weighted by Crippen LogP contribution is 2.29. The van der Waals surface area contributed by atoms with Crippen LogP contribution in [0.15, 0.2) is 39.4 Å². The molecule has 24 heavy (non-hydrogen) atoms. The summed E-state index contributed by atoms with van der Waals surface area (Å²) in [5.41, 5.74) is 0.823. The van der Waals surface area contributed by atoms with E-state index >= 15 is 0 Å². The summed E-state index contributed by atoms with van der Waals surface area (Å²) in [6.07, 6.45) is 3.52. The lowest BCUT2D eigenvalue weighted by Crippen LogP contribution is -1.96. The van der Waals surface area contributed by atoms with Gasteiger partial charge in [0.25, 0.3) is 5.89 Å². The van der Waals surface area contributed by atoms with E-state index in [0.717, 1.165) is 30.8 Å². The Morgan fingerprint density at radius 2 is 2.29 bits per heavy atom. The summed E-state index contributed by atoms with van der Waals surface area (Å²) in [5.74, 6) is 3.04. The number of oxazole rings is 1. The average molecular weight is 327 g/mol. The Balaban J connectivity index is 1.47. The highest BCUT2D eigenvalue weighted by molar-refractivity contribution is 5.56. The zero-order valence-corrected chi connectivity index (χ0v) is 13.3. The molecule has 124 valence electrons. The first-order valence-corrected chi connectivity index (χ1v) is 7.88. The molecule has 0 amide bonds. The van der Waals surface area contributed by atoms with Gasteiger partial charge in [-0.05, 0) is 31.9 Å². The van der Waals surface area contributed by atoms with Crippen molar-refractivity contribution in [1.29, 1.82) is 0 Å². The smallest absolute Gasteiger partial charge is 0.256 e. The van der Waals surface area contributed by atoms with Gasteiger partial charge in [0, 0.05) is 12.2 Å². The summed E-state index contributed by atoms with van der Waals surface area (Å²) in [4.78, 5) is 8.55. The molecule has 3 aromatic rings. The van der Waals surface area contributed by atoms with Gasteiger partial charge in [0.15, 0.2) is 6.61 Å². The summed E-state index contributed by atoms with van der Waals surface area (Å²) in [6.45, 7) is 2.86. The average Bonchev–Trinajstić information content (AvgIpc) is 3.34. The predicted octanol–water partition coefficient (Wildman–Crippen LogP) is 3.46. The maximum absolute atomic E-state index is 5.71. The van der Waals surface area contributed by atoms with E-state index in [1.165, 1.54) is 0 Å². The molecule has 0 unspecified atom stereocenters. The molecule has 7 heteroatoms. The zero-order chi connectivity index (χ0) is 16.4. The number of nitrogens with zero attached hydrogens (tertiary/aromatic N) is 3. The van der Waals surface area contributed by atoms with Gasteiger partial charge in [-0.25, -0.2) is 4.98 Å². The number of aromatic nitrogens is 3. The van der Waals surface area contributed by atoms with Crippen LogP contribution in [0.2, 0.25) is 0 Å². The minimum Gasteiger partial charge on any atom is -0.484 e. The van der Waals surface area contributed by atoms with Gasteiger partial charge < -0.3 is 18.4 Å². The SMILES string of the molecule is Cc1cnc(COc2cccc(-c3noc([C@H]4CCCO4)n3)c2)o1. The summed E-state index contributed by atoms with van der Waals surface area (Å²) < 4.78 is 22.0. The van der Waals surface area contributed by atoms with Crippen LogP contribution in [0.25, 0.3) is 11.4 Å². The molecular formula is C17H17N3O4. The summed E-state index contributed by atoms with van der Waals surface area (Å²) in [7, 11) is 0. The van der Waals surface area contributed by atoms with Crippen LogP contribution in [0.3, 0.4) is 0 Å². The summed E-state index contributed by atoms with van der Waals surface area (Å²) >= 11 is 0. The largest absolute Gasteiger partial charge is 0.484 e. The van der Waals surface area contributed by atoms with Gasteiger partial charge in [0.1, 0.15) is 17.6 Å². The van der Waals surface area contributed by atoms with E-state index < -0.39 is 0 Å². The van der Waals surface area contributed by atoms with E-state index in [1.54, 1.807) is 6.20 Å². The number of aryl methyl sites for hydroxylation is 1. The van der Waals surface area contributed by atoms with Crippen molar-refractivity contribution in [2.24, 2.45) is 0 Å². The Bertz CT molecular complexity index is 821. The molecule has 0 bridgehead atoms. The number of rotatable bonds is 5. The Kier molecular flexibility index (Phi) is 4.00. The highest BCUT2D eigenvalue weighted by atomic mass is 16.5. The lowest BCUT2D eigenvalue weighted by molar-refractivity contribution is 0.0835. The van der Waals surface area contributed by atoms with Crippen molar-refractivity contribution in [3.63, 3.8) is 0 Å². The van der Waals surface area contributed by atoms with Gasteiger partial charge in [-0.15, -0.1) is 0 Å². The van der Waals surface area contributed by atoms with Crippen LogP contribution in [-0.4, -0.2) is 21.7 Å². The fourth-order valence-electron chi connectivity index (χ4n) is 2.59. The fraction of sp³-hybridized carbons (Fsp3) is 0.353. The highest BCUT2D eigenvalue weighted by Gasteiger charge is 2.24. The van der Waals surface area contributed by atoms with Crippen LogP contribution >= 0.6 is 0 Å². The Hall–Kier alpha value is -2.67. The molecule has 0 aliphatic carbocycles. The molecule has 3 heterocycles. The van der Waals surface area contributed by atoms with Crippen LogP contribution in [0.4, 0.5) is 0 Å². The molecule has 7 nitrogen and oxygen atoms in total. The van der Waals surface area contributed by atoms with Gasteiger partial charge >= 0.3 is 0 Å². The molecule has 1 saturated heterocycles. The number of ether oxygens (including phenoxy) is 2. The van der Waals surface area contributed by atoms with E-state index in [1.807, 2.05) is 31.2 Å². The monoisotopic (exact) mass is 327 g/mol. The Morgan fingerprint density at radius 3 is 3.08 bits per heavy atom. The third kappa shape index (κ3) is 3.16. The van der Waals surface area contributed by atoms with Crippen LogP contribution in [0.1, 0.15) is 36.5 Å². The van der Waals surface area contributed by atoms with Crippen LogP contribution < -0.4 is 4.74 Å². The molecular weight excluding hydrogens is 310 g/mol. The first-order chi connectivity index (χ1) is 11.8. The first kappa shape index (κ1) is 14.9. The maximum Gasteiger partial charge on any atom is 0.256 e. The molecule has 0 N–H and O–H groups in total. The number of hydrogen-bond donors (Lipinski definition) is 0. The molecule has 4 rings (SSSR count). The maximum atomic E-state index is 5.71. The van der Waals surface area contributed by atoms with Crippen molar-refractivity contribution in [3.05, 3.63) is 48.0 Å². The minimum absolute atomic E-state index is 0.0843. The Labute approximate surface area is 138 Å². The van der Waals surface area contributed by atoms with Crippen molar-refractivity contribution in [1.82, 2.24) is 15.1 Å². The number of hydrogen-bond acceptors (Lipinski definition) is 7. The fourth-order valence-corrected chi connectivity index (χ4v) is 2.59. The third-order valence-corrected chi connectivity index (χ3v) is 3.77. The van der Waals surface area contributed by atoms with E-state index in [2.05, 4.69) is 15.1 Å². The van der Waals surface area contributed by atoms with Gasteiger partial charge in [-0.2, -0.15) is 4.98 Å². The topological polar surface area (TPSA) is 83.4 Å². The molecule has 0 spiro atoms. The second-order valence-corrected chi connectivity index (χ2v) is 5.64. The molecule has 1 fully saturated rings. The second kappa shape index (κ2) is 6.45. The van der Waals surface area contributed by atoms with Crippen molar-refractivity contribution >= 4 is 0 Å². The molecule has 1 aliphatic heterocycles. The quantitative estimate of drug-likeness (QED) is 0.709. The normalized spacial score (nSPS) is 17.3.